The Kier molecular flexibility index (Phi) is 3.79. The number of nitrogens with zero attached hydrogens (tertiary/aromatic N) is 4. The highest BCUT2D eigenvalue weighted by Crippen LogP contribution is 2.23. The Morgan fingerprint density at radius 2 is 2.27 bits per heavy atom. The SMILES string of the molecule is Cc1cc(N2CCCC(Nc3ncccc3F)C2=O)n(C)n1. The molecule has 1 saturated heterocycles. The summed E-state index contributed by atoms with van der Waals surface area (Å²) in [5.74, 6) is 0.336. The lowest BCUT2D eigenvalue weighted by atomic mass is 10.0. The van der Waals surface area contributed by atoms with E-state index in [1.165, 1.54) is 18.3 Å². The molecule has 116 valence electrons. The molecule has 1 unspecified atom stereocenters. The highest BCUT2D eigenvalue weighted by Gasteiger charge is 2.31. The van der Waals surface area contributed by atoms with Gasteiger partial charge in [0, 0.05) is 25.9 Å². The van der Waals surface area contributed by atoms with E-state index in [9.17, 15) is 9.18 Å². The first kappa shape index (κ1) is 14.5. The molecule has 2 aromatic rings. The third-order valence-electron chi connectivity index (χ3n) is 3.76. The number of carbonyl (C=O) groups excluding carboxylic acids is 1. The van der Waals surface area contributed by atoms with E-state index in [1.807, 2.05) is 20.0 Å². The molecule has 0 saturated carbocycles. The number of hydrogen-bond donors (Lipinski definition) is 1. The van der Waals surface area contributed by atoms with Gasteiger partial charge in [-0.05, 0) is 31.9 Å². The van der Waals surface area contributed by atoms with Crippen molar-refractivity contribution in [3.8, 4) is 0 Å². The zero-order valence-corrected chi connectivity index (χ0v) is 12.6. The Bertz CT molecular complexity index is 699. The normalized spacial score (nSPS) is 18.6. The van der Waals surface area contributed by atoms with Crippen molar-refractivity contribution in [3.05, 3.63) is 35.9 Å². The highest BCUT2D eigenvalue weighted by atomic mass is 19.1. The highest BCUT2D eigenvalue weighted by molar-refractivity contribution is 5.98. The number of halogens is 1. The Morgan fingerprint density at radius 3 is 2.95 bits per heavy atom. The molecule has 0 aromatic carbocycles. The van der Waals surface area contributed by atoms with Gasteiger partial charge in [-0.1, -0.05) is 0 Å². The number of rotatable bonds is 3. The zero-order valence-electron chi connectivity index (χ0n) is 12.6. The monoisotopic (exact) mass is 303 g/mol. The van der Waals surface area contributed by atoms with Crippen LogP contribution in [0.15, 0.2) is 24.4 Å². The molecule has 1 fully saturated rings. The van der Waals surface area contributed by atoms with Crippen LogP contribution in [0.4, 0.5) is 16.0 Å². The number of piperidine rings is 1. The Morgan fingerprint density at radius 1 is 1.45 bits per heavy atom. The second kappa shape index (κ2) is 5.75. The summed E-state index contributed by atoms with van der Waals surface area (Å²) < 4.78 is 15.4. The molecule has 2 aromatic heterocycles. The third kappa shape index (κ3) is 2.66. The summed E-state index contributed by atoms with van der Waals surface area (Å²) in [5, 5.41) is 7.19. The number of nitrogens with one attached hydrogen (secondary N) is 1. The summed E-state index contributed by atoms with van der Waals surface area (Å²) in [6.45, 7) is 2.53. The van der Waals surface area contributed by atoms with E-state index >= 15 is 0 Å². The van der Waals surface area contributed by atoms with Gasteiger partial charge in [-0.2, -0.15) is 5.10 Å². The maximum absolute atomic E-state index is 13.7. The van der Waals surface area contributed by atoms with Crippen molar-refractivity contribution in [3.63, 3.8) is 0 Å². The first-order valence-corrected chi connectivity index (χ1v) is 7.25. The fraction of sp³-hybridized carbons (Fsp3) is 0.400. The van der Waals surface area contributed by atoms with Crippen molar-refractivity contribution in [1.29, 1.82) is 0 Å². The van der Waals surface area contributed by atoms with Gasteiger partial charge in [0.15, 0.2) is 11.6 Å². The average Bonchev–Trinajstić information content (AvgIpc) is 2.82. The molecule has 0 spiro atoms. The first-order chi connectivity index (χ1) is 10.6. The van der Waals surface area contributed by atoms with Gasteiger partial charge in [0.2, 0.25) is 0 Å². The van der Waals surface area contributed by atoms with E-state index in [0.29, 0.717) is 13.0 Å². The number of hydrogen-bond acceptors (Lipinski definition) is 4. The molecule has 3 rings (SSSR count). The minimum atomic E-state index is -0.478. The molecule has 0 radical (unpaired) electrons. The molecule has 1 atom stereocenters. The van der Waals surface area contributed by atoms with Gasteiger partial charge in [0.1, 0.15) is 11.9 Å². The van der Waals surface area contributed by atoms with Gasteiger partial charge < -0.3 is 5.32 Å². The molecule has 6 nitrogen and oxygen atoms in total. The third-order valence-corrected chi connectivity index (χ3v) is 3.76. The molecule has 0 bridgehead atoms. The van der Waals surface area contributed by atoms with Crippen LogP contribution in [0.2, 0.25) is 0 Å². The Labute approximate surface area is 128 Å². The fourth-order valence-corrected chi connectivity index (χ4v) is 2.74. The van der Waals surface area contributed by atoms with Crippen molar-refractivity contribution < 1.29 is 9.18 Å². The molecule has 1 amide bonds. The standard InChI is InChI=1S/C15H18FN5O/c1-10-9-13(20(2)19-10)21-8-4-6-12(15(21)22)18-14-11(16)5-3-7-17-14/h3,5,7,9,12H,4,6,8H2,1-2H3,(H,17,18). The molecule has 1 N–H and O–H groups in total. The summed E-state index contributed by atoms with van der Waals surface area (Å²) in [6.07, 6.45) is 2.99. The van der Waals surface area contributed by atoms with Crippen LogP contribution in [0.1, 0.15) is 18.5 Å². The van der Waals surface area contributed by atoms with E-state index in [-0.39, 0.29) is 11.7 Å². The molecule has 7 heteroatoms. The summed E-state index contributed by atoms with van der Waals surface area (Å²) in [4.78, 5) is 18.3. The largest absolute Gasteiger partial charge is 0.356 e. The zero-order chi connectivity index (χ0) is 15.7. The van der Waals surface area contributed by atoms with Crippen LogP contribution in [0.3, 0.4) is 0 Å². The molecule has 1 aliphatic rings. The van der Waals surface area contributed by atoms with Gasteiger partial charge in [0.25, 0.3) is 5.91 Å². The lowest BCUT2D eigenvalue weighted by Crippen LogP contribution is -2.48. The van der Waals surface area contributed by atoms with E-state index in [2.05, 4.69) is 15.4 Å². The summed E-state index contributed by atoms with van der Waals surface area (Å²) in [5.41, 5.74) is 0.858. The van der Waals surface area contributed by atoms with Crippen molar-refractivity contribution in [2.75, 3.05) is 16.8 Å². The van der Waals surface area contributed by atoms with Crippen LogP contribution in [0.25, 0.3) is 0 Å². The van der Waals surface area contributed by atoms with Crippen LogP contribution < -0.4 is 10.2 Å². The number of anilines is 2. The molecular formula is C15H18FN5O. The topological polar surface area (TPSA) is 63.1 Å². The van der Waals surface area contributed by atoms with Gasteiger partial charge in [0.05, 0.1) is 5.69 Å². The maximum atomic E-state index is 13.7. The number of aromatic nitrogens is 3. The minimum absolute atomic E-state index is 0.0840. The van der Waals surface area contributed by atoms with Crippen LogP contribution in [-0.4, -0.2) is 33.3 Å². The predicted molar refractivity (Wildman–Crippen MR) is 81.1 cm³/mol. The second-order valence-corrected chi connectivity index (χ2v) is 5.43. The van der Waals surface area contributed by atoms with Crippen molar-refractivity contribution in [2.45, 2.75) is 25.8 Å². The maximum Gasteiger partial charge on any atom is 0.250 e. The summed E-state index contributed by atoms with van der Waals surface area (Å²) in [7, 11) is 1.81. The molecule has 0 aliphatic carbocycles. The van der Waals surface area contributed by atoms with Gasteiger partial charge in [-0.3, -0.25) is 14.4 Å². The summed E-state index contributed by atoms with van der Waals surface area (Å²) in [6, 6.07) is 4.24. The number of carbonyl (C=O) groups is 1. The number of pyridine rings is 1. The first-order valence-electron chi connectivity index (χ1n) is 7.25. The van der Waals surface area contributed by atoms with Gasteiger partial charge >= 0.3 is 0 Å². The fourth-order valence-electron chi connectivity index (χ4n) is 2.74. The van der Waals surface area contributed by atoms with Gasteiger partial charge in [-0.15, -0.1) is 0 Å². The Hall–Kier alpha value is -2.44. The van der Waals surface area contributed by atoms with Crippen molar-refractivity contribution >= 4 is 17.5 Å². The van der Waals surface area contributed by atoms with Crippen molar-refractivity contribution in [2.24, 2.45) is 7.05 Å². The second-order valence-electron chi connectivity index (χ2n) is 5.43. The quantitative estimate of drug-likeness (QED) is 0.940. The van der Waals surface area contributed by atoms with Crippen molar-refractivity contribution in [1.82, 2.24) is 14.8 Å². The Balaban J connectivity index is 1.81. The number of amides is 1. The number of aryl methyl sites for hydroxylation is 2. The predicted octanol–water partition coefficient (Wildman–Crippen LogP) is 1.87. The molecule has 3 heterocycles. The van der Waals surface area contributed by atoms with E-state index < -0.39 is 11.9 Å². The lowest BCUT2D eigenvalue weighted by Gasteiger charge is -2.32. The smallest absolute Gasteiger partial charge is 0.250 e. The average molecular weight is 303 g/mol. The summed E-state index contributed by atoms with van der Waals surface area (Å²) >= 11 is 0. The van der Waals surface area contributed by atoms with Crippen LogP contribution in [-0.2, 0) is 11.8 Å². The minimum Gasteiger partial charge on any atom is -0.356 e. The molecule has 22 heavy (non-hydrogen) atoms. The van der Waals surface area contributed by atoms with E-state index in [0.717, 1.165) is 17.9 Å². The van der Waals surface area contributed by atoms with Crippen LogP contribution >= 0.6 is 0 Å². The van der Waals surface area contributed by atoms with Gasteiger partial charge in [-0.25, -0.2) is 9.37 Å². The van der Waals surface area contributed by atoms with E-state index in [1.54, 1.807) is 9.58 Å². The molecular weight excluding hydrogens is 285 g/mol. The molecule has 1 aliphatic heterocycles. The van der Waals surface area contributed by atoms with Crippen LogP contribution in [0, 0.1) is 12.7 Å². The van der Waals surface area contributed by atoms with E-state index in [4.69, 9.17) is 0 Å². The van der Waals surface area contributed by atoms with Crippen LogP contribution in [0.5, 0.6) is 0 Å². The lowest BCUT2D eigenvalue weighted by molar-refractivity contribution is -0.120.